The highest BCUT2D eigenvalue weighted by atomic mass is 19.4. The molecule has 0 radical (unpaired) electrons. The SMILES string of the molecule is CC(C)NC(C)(C#N)CC(C)N(C)CC(F)(F)F. The van der Waals surface area contributed by atoms with Crippen molar-refractivity contribution in [1.82, 2.24) is 10.2 Å². The van der Waals surface area contributed by atoms with Crippen LogP contribution >= 0.6 is 0 Å². The molecule has 0 spiro atoms. The highest BCUT2D eigenvalue weighted by Crippen LogP contribution is 2.20. The van der Waals surface area contributed by atoms with E-state index in [1.54, 1.807) is 13.8 Å². The first kappa shape index (κ1) is 17.2. The minimum Gasteiger partial charge on any atom is -0.297 e. The summed E-state index contributed by atoms with van der Waals surface area (Å²) in [5, 5.41) is 12.2. The van der Waals surface area contributed by atoms with Crippen molar-refractivity contribution in [2.75, 3.05) is 13.6 Å². The molecule has 0 aromatic rings. The zero-order valence-electron chi connectivity index (χ0n) is 11.6. The third-order valence-corrected chi connectivity index (χ3v) is 2.74. The summed E-state index contributed by atoms with van der Waals surface area (Å²) in [7, 11) is 1.42. The summed E-state index contributed by atoms with van der Waals surface area (Å²) in [6, 6.07) is 1.91. The number of halogens is 3. The standard InChI is InChI=1S/C12H22F3N3/c1-9(2)17-11(4,7-16)6-10(3)18(5)8-12(13,14)15/h9-10,17H,6,8H2,1-5H3. The van der Waals surface area contributed by atoms with Crippen molar-refractivity contribution in [2.24, 2.45) is 0 Å². The molecule has 1 N–H and O–H groups in total. The molecule has 0 aliphatic rings. The van der Waals surface area contributed by atoms with Crippen LogP contribution in [-0.4, -0.2) is 42.3 Å². The van der Waals surface area contributed by atoms with Crippen LogP contribution in [0.4, 0.5) is 13.2 Å². The van der Waals surface area contributed by atoms with Gasteiger partial charge >= 0.3 is 6.18 Å². The van der Waals surface area contributed by atoms with Gasteiger partial charge < -0.3 is 0 Å². The minimum atomic E-state index is -4.21. The van der Waals surface area contributed by atoms with E-state index in [1.807, 2.05) is 13.8 Å². The van der Waals surface area contributed by atoms with Crippen molar-refractivity contribution in [2.45, 2.75) is 57.9 Å². The fourth-order valence-electron chi connectivity index (χ4n) is 1.96. The number of nitrogens with zero attached hydrogens (tertiary/aromatic N) is 2. The summed E-state index contributed by atoms with van der Waals surface area (Å²) < 4.78 is 36.8. The van der Waals surface area contributed by atoms with Gasteiger partial charge in [0.1, 0.15) is 5.54 Å². The first-order valence-corrected chi connectivity index (χ1v) is 5.95. The maximum atomic E-state index is 12.3. The van der Waals surface area contributed by atoms with Gasteiger partial charge in [-0.2, -0.15) is 18.4 Å². The summed E-state index contributed by atoms with van der Waals surface area (Å²) in [5.41, 5.74) is -0.812. The van der Waals surface area contributed by atoms with Crippen molar-refractivity contribution >= 4 is 0 Å². The van der Waals surface area contributed by atoms with Crippen LogP contribution < -0.4 is 5.32 Å². The van der Waals surface area contributed by atoms with Gasteiger partial charge in [-0.1, -0.05) is 0 Å². The third kappa shape index (κ3) is 6.82. The van der Waals surface area contributed by atoms with Crippen LogP contribution in [0.15, 0.2) is 0 Å². The van der Waals surface area contributed by atoms with Crippen LogP contribution in [0.1, 0.15) is 34.1 Å². The van der Waals surface area contributed by atoms with Crippen LogP contribution in [0.25, 0.3) is 0 Å². The van der Waals surface area contributed by atoms with Crippen molar-refractivity contribution in [1.29, 1.82) is 5.26 Å². The quantitative estimate of drug-likeness (QED) is 0.802. The Morgan fingerprint density at radius 3 is 2.11 bits per heavy atom. The Morgan fingerprint density at radius 2 is 1.78 bits per heavy atom. The lowest BCUT2D eigenvalue weighted by Gasteiger charge is -2.33. The Labute approximate surface area is 107 Å². The Bertz CT molecular complexity index is 296. The molecule has 0 bridgehead atoms. The smallest absolute Gasteiger partial charge is 0.297 e. The van der Waals surface area contributed by atoms with E-state index in [0.717, 1.165) is 0 Å². The molecule has 0 aliphatic heterocycles. The van der Waals surface area contributed by atoms with Crippen LogP contribution in [0.5, 0.6) is 0 Å². The first-order chi connectivity index (χ1) is 7.99. The number of nitriles is 1. The first-order valence-electron chi connectivity index (χ1n) is 5.95. The summed E-state index contributed by atoms with van der Waals surface area (Å²) in [6.45, 7) is 6.25. The molecule has 0 aromatic carbocycles. The molecule has 0 aromatic heterocycles. The topological polar surface area (TPSA) is 39.1 Å². The third-order valence-electron chi connectivity index (χ3n) is 2.74. The molecule has 6 heteroatoms. The lowest BCUT2D eigenvalue weighted by molar-refractivity contribution is -0.147. The van der Waals surface area contributed by atoms with Gasteiger partial charge in [-0.15, -0.1) is 0 Å². The van der Waals surface area contributed by atoms with Crippen LogP contribution in [-0.2, 0) is 0 Å². The van der Waals surface area contributed by atoms with Gasteiger partial charge in [0, 0.05) is 12.1 Å². The predicted octanol–water partition coefficient (Wildman–Crippen LogP) is 2.54. The number of hydrogen-bond donors (Lipinski definition) is 1. The van der Waals surface area contributed by atoms with E-state index in [4.69, 9.17) is 5.26 Å². The fraction of sp³-hybridized carbons (Fsp3) is 0.917. The maximum Gasteiger partial charge on any atom is 0.401 e. The predicted molar refractivity (Wildman–Crippen MR) is 65.1 cm³/mol. The molecule has 0 aliphatic carbocycles. The molecule has 0 amide bonds. The van der Waals surface area contributed by atoms with E-state index < -0.39 is 18.3 Å². The largest absolute Gasteiger partial charge is 0.401 e. The maximum absolute atomic E-state index is 12.3. The minimum absolute atomic E-state index is 0.106. The second kappa shape index (κ2) is 6.39. The Morgan fingerprint density at radius 1 is 1.28 bits per heavy atom. The molecule has 106 valence electrons. The number of nitrogens with one attached hydrogen (secondary N) is 1. The Balaban J connectivity index is 4.53. The molecular weight excluding hydrogens is 243 g/mol. The van der Waals surface area contributed by atoms with E-state index in [1.165, 1.54) is 11.9 Å². The molecule has 0 saturated carbocycles. The van der Waals surface area contributed by atoms with Gasteiger partial charge in [0.25, 0.3) is 0 Å². The van der Waals surface area contributed by atoms with Gasteiger partial charge in [-0.3, -0.25) is 10.2 Å². The van der Waals surface area contributed by atoms with Gasteiger partial charge in [0.15, 0.2) is 0 Å². The lowest BCUT2D eigenvalue weighted by atomic mass is 9.93. The van der Waals surface area contributed by atoms with Gasteiger partial charge in [0.2, 0.25) is 0 Å². The number of alkyl halides is 3. The summed E-state index contributed by atoms with van der Waals surface area (Å²) >= 11 is 0. The lowest BCUT2D eigenvalue weighted by Crippen LogP contribution is -2.50. The molecule has 0 rings (SSSR count). The summed E-state index contributed by atoms with van der Waals surface area (Å²) in [6.07, 6.45) is -3.87. The molecule has 0 fully saturated rings. The number of rotatable bonds is 6. The summed E-state index contributed by atoms with van der Waals surface area (Å²) in [5.74, 6) is 0. The van der Waals surface area contributed by atoms with Crippen molar-refractivity contribution in [3.63, 3.8) is 0 Å². The van der Waals surface area contributed by atoms with E-state index >= 15 is 0 Å². The molecule has 18 heavy (non-hydrogen) atoms. The van der Waals surface area contributed by atoms with E-state index in [-0.39, 0.29) is 12.1 Å². The average molecular weight is 265 g/mol. The molecule has 2 unspecified atom stereocenters. The van der Waals surface area contributed by atoms with E-state index in [0.29, 0.717) is 6.42 Å². The van der Waals surface area contributed by atoms with Gasteiger partial charge in [-0.05, 0) is 41.2 Å². The van der Waals surface area contributed by atoms with Crippen LogP contribution in [0.2, 0.25) is 0 Å². The van der Waals surface area contributed by atoms with Crippen molar-refractivity contribution < 1.29 is 13.2 Å². The molecule has 2 atom stereocenters. The van der Waals surface area contributed by atoms with Gasteiger partial charge in [-0.25, -0.2) is 0 Å². The van der Waals surface area contributed by atoms with Crippen LogP contribution in [0.3, 0.4) is 0 Å². The second-order valence-corrected chi connectivity index (χ2v) is 5.33. The fourth-order valence-corrected chi connectivity index (χ4v) is 1.96. The van der Waals surface area contributed by atoms with E-state index in [2.05, 4.69) is 11.4 Å². The van der Waals surface area contributed by atoms with Crippen molar-refractivity contribution in [3.05, 3.63) is 0 Å². The Hall–Kier alpha value is -0.800. The number of hydrogen-bond acceptors (Lipinski definition) is 3. The zero-order chi connectivity index (χ0) is 14.6. The zero-order valence-corrected chi connectivity index (χ0v) is 11.6. The molecule has 3 nitrogen and oxygen atoms in total. The Kier molecular flexibility index (Phi) is 6.11. The second-order valence-electron chi connectivity index (χ2n) is 5.33. The highest BCUT2D eigenvalue weighted by Gasteiger charge is 2.34. The monoisotopic (exact) mass is 265 g/mol. The normalized spacial score (nSPS) is 17.6. The molecule has 0 heterocycles. The summed E-state index contributed by atoms with van der Waals surface area (Å²) in [4.78, 5) is 1.22. The highest BCUT2D eigenvalue weighted by molar-refractivity contribution is 5.06. The molecule has 0 saturated heterocycles. The van der Waals surface area contributed by atoms with Crippen molar-refractivity contribution in [3.8, 4) is 6.07 Å². The van der Waals surface area contributed by atoms with E-state index in [9.17, 15) is 13.2 Å². The van der Waals surface area contributed by atoms with Crippen LogP contribution in [0, 0.1) is 11.3 Å². The average Bonchev–Trinajstić information content (AvgIpc) is 2.13. The van der Waals surface area contributed by atoms with Gasteiger partial charge in [0.05, 0.1) is 12.6 Å². The molecular formula is C12H22F3N3.